The van der Waals surface area contributed by atoms with E-state index in [1.54, 1.807) is 6.92 Å². The Bertz CT molecular complexity index is 853. The van der Waals surface area contributed by atoms with Gasteiger partial charge in [0.05, 0.1) is 5.39 Å². The third kappa shape index (κ3) is 3.44. The minimum Gasteiger partial charge on any atom is -0.352 e. The third-order valence-corrected chi connectivity index (χ3v) is 7.38. The van der Waals surface area contributed by atoms with Gasteiger partial charge in [0.15, 0.2) is 0 Å². The molecule has 0 saturated carbocycles. The summed E-state index contributed by atoms with van der Waals surface area (Å²) in [7, 11) is 0. The molecule has 146 valence electrons. The van der Waals surface area contributed by atoms with Crippen LogP contribution in [0.5, 0.6) is 0 Å². The number of aryl methyl sites for hydroxylation is 1. The van der Waals surface area contributed by atoms with Crippen LogP contribution in [0.1, 0.15) is 62.7 Å². The molecule has 0 spiro atoms. The zero-order valence-electron chi connectivity index (χ0n) is 16.9. The van der Waals surface area contributed by atoms with Gasteiger partial charge in [0.2, 0.25) is 5.91 Å². The zero-order valence-corrected chi connectivity index (χ0v) is 17.7. The summed E-state index contributed by atoms with van der Waals surface area (Å²) in [6.07, 6.45) is 4.62. The Balaban J connectivity index is 1.78. The zero-order chi connectivity index (χ0) is 19.1. The molecular formula is C21H30N4OS. The van der Waals surface area contributed by atoms with Gasteiger partial charge in [-0.25, -0.2) is 9.97 Å². The number of rotatable bonds is 3. The topological polar surface area (TPSA) is 49.3 Å². The first-order valence-electron chi connectivity index (χ1n) is 10.3. The molecule has 1 saturated heterocycles. The van der Waals surface area contributed by atoms with E-state index in [0.29, 0.717) is 5.92 Å². The quantitative estimate of drug-likeness (QED) is 0.800. The highest BCUT2D eigenvalue weighted by Crippen LogP contribution is 2.41. The number of fused-ring (bicyclic) bond motifs is 3. The van der Waals surface area contributed by atoms with E-state index >= 15 is 0 Å². The second kappa shape index (κ2) is 7.38. The van der Waals surface area contributed by atoms with Gasteiger partial charge in [0.1, 0.15) is 16.5 Å². The first-order chi connectivity index (χ1) is 13.0. The van der Waals surface area contributed by atoms with Gasteiger partial charge in [-0.2, -0.15) is 0 Å². The van der Waals surface area contributed by atoms with Gasteiger partial charge < -0.3 is 9.80 Å². The minimum absolute atomic E-state index is 0.171. The van der Waals surface area contributed by atoms with Gasteiger partial charge in [0, 0.05) is 43.9 Å². The molecule has 2 aromatic rings. The Hall–Kier alpha value is -1.69. The fraction of sp³-hybridized carbons (Fsp3) is 0.667. The maximum atomic E-state index is 11.7. The largest absolute Gasteiger partial charge is 0.352 e. The predicted molar refractivity (Wildman–Crippen MR) is 112 cm³/mol. The summed E-state index contributed by atoms with van der Waals surface area (Å²) in [5.74, 6) is 3.38. The van der Waals surface area contributed by atoms with Gasteiger partial charge in [-0.05, 0) is 37.2 Å². The summed E-state index contributed by atoms with van der Waals surface area (Å²) in [6, 6.07) is 0. The highest BCUT2D eigenvalue weighted by Gasteiger charge is 2.28. The minimum atomic E-state index is 0.171. The van der Waals surface area contributed by atoms with E-state index in [0.717, 1.165) is 56.6 Å². The molecule has 0 N–H and O–H groups in total. The lowest BCUT2D eigenvalue weighted by atomic mass is 9.89. The fourth-order valence-corrected chi connectivity index (χ4v) is 5.59. The van der Waals surface area contributed by atoms with E-state index in [1.807, 2.05) is 16.2 Å². The average Bonchev–Trinajstić information content (AvgIpc) is 3.03. The molecule has 1 amide bonds. The van der Waals surface area contributed by atoms with Crippen LogP contribution in [0.25, 0.3) is 10.2 Å². The predicted octanol–water partition coefficient (Wildman–Crippen LogP) is 4.00. The molecule has 6 heteroatoms. The van der Waals surface area contributed by atoms with Gasteiger partial charge >= 0.3 is 0 Å². The van der Waals surface area contributed by atoms with Crippen LogP contribution in [0.4, 0.5) is 5.82 Å². The van der Waals surface area contributed by atoms with Gasteiger partial charge in [-0.3, -0.25) is 4.79 Å². The molecule has 1 fully saturated rings. The van der Waals surface area contributed by atoms with Crippen LogP contribution in [0.2, 0.25) is 0 Å². The van der Waals surface area contributed by atoms with Crippen molar-refractivity contribution in [3.63, 3.8) is 0 Å². The van der Waals surface area contributed by atoms with Gasteiger partial charge in [0.25, 0.3) is 0 Å². The van der Waals surface area contributed by atoms with Crippen molar-refractivity contribution in [1.29, 1.82) is 0 Å². The second-order valence-corrected chi connectivity index (χ2v) is 9.32. The van der Waals surface area contributed by atoms with Crippen molar-refractivity contribution >= 4 is 33.3 Å². The Morgan fingerprint density at radius 3 is 2.67 bits per heavy atom. The molecular weight excluding hydrogens is 356 g/mol. The number of hydrogen-bond donors (Lipinski definition) is 0. The van der Waals surface area contributed by atoms with Crippen LogP contribution in [0.15, 0.2) is 0 Å². The molecule has 0 aromatic carbocycles. The standard InChI is InChI=1S/C21H30N4OS/c1-5-14(3)19-22-20(25-10-8-24(9-11-25)15(4)26)18-16-7-6-13(2)12-17(16)27-21(18)23-19/h13-14H,5-12H2,1-4H3/t13-,14+/m1/s1. The highest BCUT2D eigenvalue weighted by atomic mass is 32.1. The van der Waals surface area contributed by atoms with Crippen LogP contribution >= 0.6 is 11.3 Å². The lowest BCUT2D eigenvalue weighted by molar-refractivity contribution is -0.129. The van der Waals surface area contributed by atoms with E-state index in [1.165, 1.54) is 33.5 Å². The van der Waals surface area contributed by atoms with Crippen molar-refractivity contribution in [3.8, 4) is 0 Å². The first-order valence-corrected chi connectivity index (χ1v) is 11.1. The lowest BCUT2D eigenvalue weighted by Crippen LogP contribution is -2.48. The lowest BCUT2D eigenvalue weighted by Gasteiger charge is -2.35. The first kappa shape index (κ1) is 18.7. The molecule has 0 radical (unpaired) electrons. The summed E-state index contributed by atoms with van der Waals surface area (Å²) >= 11 is 1.89. The number of hydrogen-bond acceptors (Lipinski definition) is 5. The molecule has 3 heterocycles. The molecule has 0 unspecified atom stereocenters. The summed E-state index contributed by atoms with van der Waals surface area (Å²) in [6.45, 7) is 11.7. The van der Waals surface area contributed by atoms with Crippen molar-refractivity contribution in [2.45, 2.75) is 59.3 Å². The van der Waals surface area contributed by atoms with Crippen LogP contribution in [0.3, 0.4) is 0 Å². The Kier molecular flexibility index (Phi) is 5.10. The summed E-state index contributed by atoms with van der Waals surface area (Å²) < 4.78 is 0. The van der Waals surface area contributed by atoms with Gasteiger partial charge in [-0.1, -0.05) is 20.8 Å². The molecule has 1 aliphatic carbocycles. The number of nitrogens with zero attached hydrogens (tertiary/aromatic N) is 4. The average molecular weight is 387 g/mol. The van der Waals surface area contributed by atoms with Crippen LogP contribution in [-0.2, 0) is 17.6 Å². The van der Waals surface area contributed by atoms with Crippen molar-refractivity contribution in [2.75, 3.05) is 31.1 Å². The maximum absolute atomic E-state index is 11.7. The van der Waals surface area contributed by atoms with E-state index in [4.69, 9.17) is 9.97 Å². The Morgan fingerprint density at radius 1 is 1.26 bits per heavy atom. The fourth-order valence-electron chi connectivity index (χ4n) is 4.20. The van der Waals surface area contributed by atoms with Crippen LogP contribution in [0, 0.1) is 5.92 Å². The third-order valence-electron chi connectivity index (χ3n) is 6.23. The van der Waals surface area contributed by atoms with E-state index in [2.05, 4.69) is 25.7 Å². The number of carbonyl (C=O) groups excluding carboxylic acids is 1. The molecule has 2 aliphatic rings. The molecule has 2 atom stereocenters. The summed E-state index contributed by atoms with van der Waals surface area (Å²) in [5, 5.41) is 1.30. The summed E-state index contributed by atoms with van der Waals surface area (Å²) in [4.78, 5) is 28.8. The number of amides is 1. The van der Waals surface area contributed by atoms with Crippen molar-refractivity contribution in [3.05, 3.63) is 16.3 Å². The SMILES string of the molecule is CC[C@H](C)c1nc(N2CCN(C(C)=O)CC2)c2c3c(sc2n1)C[C@H](C)CC3. The molecule has 4 rings (SSSR count). The van der Waals surface area contributed by atoms with E-state index in [9.17, 15) is 4.79 Å². The molecule has 2 aromatic heterocycles. The molecule has 27 heavy (non-hydrogen) atoms. The number of piperazine rings is 1. The maximum Gasteiger partial charge on any atom is 0.219 e. The van der Waals surface area contributed by atoms with Crippen molar-refractivity contribution < 1.29 is 4.79 Å². The second-order valence-electron chi connectivity index (χ2n) is 8.24. The Morgan fingerprint density at radius 2 is 2.00 bits per heavy atom. The van der Waals surface area contributed by atoms with Gasteiger partial charge in [-0.15, -0.1) is 11.3 Å². The Labute approximate surface area is 165 Å². The molecule has 1 aliphatic heterocycles. The normalized spacial score (nSPS) is 21.4. The molecule has 5 nitrogen and oxygen atoms in total. The van der Waals surface area contributed by atoms with Crippen LogP contribution < -0.4 is 4.90 Å². The highest BCUT2D eigenvalue weighted by molar-refractivity contribution is 7.19. The number of carbonyl (C=O) groups is 1. The smallest absolute Gasteiger partial charge is 0.219 e. The van der Waals surface area contributed by atoms with Crippen molar-refractivity contribution in [1.82, 2.24) is 14.9 Å². The number of anilines is 1. The van der Waals surface area contributed by atoms with Crippen LogP contribution in [-0.4, -0.2) is 47.0 Å². The summed E-state index contributed by atoms with van der Waals surface area (Å²) in [5.41, 5.74) is 1.49. The van der Waals surface area contributed by atoms with Crippen molar-refractivity contribution in [2.24, 2.45) is 5.92 Å². The number of thiophene rings is 1. The number of aromatic nitrogens is 2. The van der Waals surface area contributed by atoms with E-state index in [-0.39, 0.29) is 5.91 Å². The van der Waals surface area contributed by atoms with E-state index < -0.39 is 0 Å². The monoisotopic (exact) mass is 386 g/mol. The molecule has 0 bridgehead atoms.